The van der Waals surface area contributed by atoms with Gasteiger partial charge in [-0.15, -0.1) is 0 Å². The molecule has 0 aromatic heterocycles. The van der Waals surface area contributed by atoms with E-state index in [0.29, 0.717) is 17.5 Å². The fourth-order valence-corrected chi connectivity index (χ4v) is 1.64. The number of ether oxygens (including phenoxy) is 2. The molecule has 1 aliphatic carbocycles. The van der Waals surface area contributed by atoms with E-state index in [-0.39, 0.29) is 19.0 Å². The summed E-state index contributed by atoms with van der Waals surface area (Å²) in [5, 5.41) is 3.42. The Hall–Kier alpha value is -1.46. The van der Waals surface area contributed by atoms with Crippen molar-refractivity contribution in [1.82, 2.24) is 5.32 Å². The molecule has 19 heavy (non-hydrogen) atoms. The number of nitrogens with two attached hydrogens (primary N) is 1. The summed E-state index contributed by atoms with van der Waals surface area (Å²) in [5.41, 5.74) is 6.16. The van der Waals surface area contributed by atoms with Gasteiger partial charge in [-0.05, 0) is 30.5 Å². The normalized spacial score (nSPS) is 13.5. The topological polar surface area (TPSA) is 73.6 Å². The van der Waals surface area contributed by atoms with Gasteiger partial charge >= 0.3 is 0 Å². The van der Waals surface area contributed by atoms with E-state index < -0.39 is 5.91 Å². The van der Waals surface area contributed by atoms with Crippen LogP contribution < -0.4 is 32.9 Å². The van der Waals surface area contributed by atoms with Gasteiger partial charge in [0, 0.05) is 12.6 Å². The fourth-order valence-electron chi connectivity index (χ4n) is 1.64. The van der Waals surface area contributed by atoms with E-state index in [0.717, 1.165) is 12.1 Å². The van der Waals surface area contributed by atoms with Crippen LogP contribution in [0.1, 0.15) is 18.4 Å². The smallest absolute Gasteiger partial charge is 0.255 e. The number of carbonyl (C=O) groups is 1. The quantitative estimate of drug-likeness (QED) is 0.597. The van der Waals surface area contributed by atoms with Crippen molar-refractivity contribution in [2.75, 3.05) is 13.7 Å². The first-order chi connectivity index (χ1) is 8.69. The van der Waals surface area contributed by atoms with E-state index in [1.54, 1.807) is 13.2 Å². The largest absolute Gasteiger partial charge is 1.00 e. The Morgan fingerprint density at radius 3 is 2.74 bits per heavy atom. The second kappa shape index (κ2) is 7.21. The third-order valence-electron chi connectivity index (χ3n) is 2.77. The van der Waals surface area contributed by atoms with E-state index in [9.17, 15) is 4.79 Å². The van der Waals surface area contributed by atoms with Gasteiger partial charge in [0.15, 0.2) is 18.1 Å². The molecule has 1 amide bonds. The maximum Gasteiger partial charge on any atom is 0.255 e. The van der Waals surface area contributed by atoms with E-state index in [4.69, 9.17) is 15.2 Å². The van der Waals surface area contributed by atoms with Crippen LogP contribution in [0.25, 0.3) is 0 Å². The SMILES string of the molecule is COc1cc(CNC2CC2)ccc1OCC(N)=O.[Cl-]. The van der Waals surface area contributed by atoms with Gasteiger partial charge in [0.1, 0.15) is 0 Å². The summed E-state index contributed by atoms with van der Waals surface area (Å²) in [4.78, 5) is 10.7. The van der Waals surface area contributed by atoms with Crippen LogP contribution in [0.2, 0.25) is 0 Å². The molecular weight excluding hydrogens is 268 g/mol. The van der Waals surface area contributed by atoms with E-state index in [1.165, 1.54) is 12.8 Å². The summed E-state index contributed by atoms with van der Waals surface area (Å²) in [7, 11) is 1.57. The summed E-state index contributed by atoms with van der Waals surface area (Å²) < 4.78 is 10.5. The Morgan fingerprint density at radius 1 is 1.42 bits per heavy atom. The molecule has 0 saturated heterocycles. The number of nitrogens with one attached hydrogen (secondary N) is 1. The highest BCUT2D eigenvalue weighted by Gasteiger charge is 2.20. The molecule has 0 unspecified atom stereocenters. The lowest BCUT2D eigenvalue weighted by atomic mass is 10.2. The summed E-state index contributed by atoms with van der Waals surface area (Å²) in [5.74, 6) is 0.648. The lowest BCUT2D eigenvalue weighted by molar-refractivity contribution is -0.119. The van der Waals surface area contributed by atoms with Gasteiger partial charge in [0.05, 0.1) is 7.11 Å². The molecule has 0 spiro atoms. The monoisotopic (exact) mass is 285 g/mol. The number of hydrogen-bond acceptors (Lipinski definition) is 4. The molecule has 0 radical (unpaired) electrons. The zero-order valence-corrected chi connectivity index (χ0v) is 11.6. The summed E-state index contributed by atoms with van der Waals surface area (Å²) in [6.07, 6.45) is 2.52. The molecule has 1 fully saturated rings. The van der Waals surface area contributed by atoms with Gasteiger partial charge in [0.25, 0.3) is 5.91 Å². The number of halogens is 1. The average molecular weight is 286 g/mol. The molecular formula is C13H18ClN2O3-. The van der Waals surface area contributed by atoms with Gasteiger partial charge in [0.2, 0.25) is 0 Å². The number of benzene rings is 1. The third-order valence-corrected chi connectivity index (χ3v) is 2.77. The van der Waals surface area contributed by atoms with E-state index in [1.807, 2.05) is 12.1 Å². The fraction of sp³-hybridized carbons (Fsp3) is 0.462. The van der Waals surface area contributed by atoms with Crippen molar-refractivity contribution < 1.29 is 26.7 Å². The van der Waals surface area contributed by atoms with Crippen molar-refractivity contribution in [2.45, 2.75) is 25.4 Å². The summed E-state index contributed by atoms with van der Waals surface area (Å²) >= 11 is 0. The molecule has 2 rings (SSSR count). The molecule has 3 N–H and O–H groups in total. The number of primary amides is 1. The number of carbonyl (C=O) groups excluding carboxylic acids is 1. The molecule has 106 valence electrons. The number of amides is 1. The van der Waals surface area contributed by atoms with Crippen molar-refractivity contribution >= 4 is 5.91 Å². The molecule has 0 heterocycles. The van der Waals surface area contributed by atoms with Crippen molar-refractivity contribution in [3.05, 3.63) is 23.8 Å². The first-order valence-electron chi connectivity index (χ1n) is 6.00. The van der Waals surface area contributed by atoms with Gasteiger partial charge in [-0.1, -0.05) is 6.07 Å². The van der Waals surface area contributed by atoms with Crippen molar-refractivity contribution in [3.8, 4) is 11.5 Å². The van der Waals surface area contributed by atoms with Gasteiger partial charge in [-0.2, -0.15) is 0 Å². The Kier molecular flexibility index (Phi) is 5.92. The summed E-state index contributed by atoms with van der Waals surface area (Å²) in [6, 6.07) is 6.33. The minimum absolute atomic E-state index is 0. The minimum atomic E-state index is -0.503. The Morgan fingerprint density at radius 2 is 2.16 bits per heavy atom. The van der Waals surface area contributed by atoms with Crippen LogP contribution >= 0.6 is 0 Å². The Balaban J connectivity index is 0.00000180. The molecule has 1 aliphatic rings. The lowest BCUT2D eigenvalue weighted by Gasteiger charge is -2.11. The molecule has 0 aliphatic heterocycles. The highest BCUT2D eigenvalue weighted by Crippen LogP contribution is 2.28. The molecule has 5 nitrogen and oxygen atoms in total. The van der Waals surface area contributed by atoms with Crippen LogP contribution in [0.5, 0.6) is 11.5 Å². The molecule has 1 aromatic carbocycles. The number of rotatable bonds is 7. The zero-order valence-electron chi connectivity index (χ0n) is 10.8. The van der Waals surface area contributed by atoms with Gasteiger partial charge < -0.3 is 32.9 Å². The maximum atomic E-state index is 10.7. The molecule has 0 atom stereocenters. The van der Waals surface area contributed by atoms with Crippen LogP contribution in [-0.4, -0.2) is 25.7 Å². The first-order valence-corrected chi connectivity index (χ1v) is 6.00. The van der Waals surface area contributed by atoms with E-state index >= 15 is 0 Å². The van der Waals surface area contributed by atoms with Crippen LogP contribution in [-0.2, 0) is 11.3 Å². The van der Waals surface area contributed by atoms with Crippen LogP contribution in [0, 0.1) is 0 Å². The van der Waals surface area contributed by atoms with Crippen LogP contribution in [0.3, 0.4) is 0 Å². The molecule has 0 bridgehead atoms. The average Bonchev–Trinajstić information content (AvgIpc) is 3.18. The van der Waals surface area contributed by atoms with Crippen LogP contribution in [0.15, 0.2) is 18.2 Å². The maximum absolute atomic E-state index is 10.7. The van der Waals surface area contributed by atoms with Crippen molar-refractivity contribution in [1.29, 1.82) is 0 Å². The number of methoxy groups -OCH3 is 1. The molecule has 6 heteroatoms. The van der Waals surface area contributed by atoms with Crippen LogP contribution in [0.4, 0.5) is 0 Å². The third kappa shape index (κ3) is 4.96. The Bertz CT molecular complexity index is 436. The van der Waals surface area contributed by atoms with Crippen molar-refractivity contribution in [3.63, 3.8) is 0 Å². The molecule has 1 saturated carbocycles. The number of hydrogen-bond donors (Lipinski definition) is 2. The highest BCUT2D eigenvalue weighted by molar-refractivity contribution is 5.75. The predicted molar refractivity (Wildman–Crippen MR) is 67.5 cm³/mol. The predicted octanol–water partition coefficient (Wildman–Crippen LogP) is -2.18. The minimum Gasteiger partial charge on any atom is -1.00 e. The lowest BCUT2D eigenvalue weighted by Crippen LogP contribution is -3.00. The highest BCUT2D eigenvalue weighted by atomic mass is 35.5. The second-order valence-corrected chi connectivity index (χ2v) is 4.40. The summed E-state index contributed by atoms with van der Waals surface area (Å²) in [6.45, 7) is 0.674. The Labute approximate surface area is 118 Å². The zero-order chi connectivity index (χ0) is 13.0. The van der Waals surface area contributed by atoms with E-state index in [2.05, 4.69) is 5.32 Å². The van der Waals surface area contributed by atoms with Crippen molar-refractivity contribution in [2.24, 2.45) is 5.73 Å². The standard InChI is InChI=1S/C13H18N2O3.ClH/c1-17-12-6-9(7-15-10-3-4-10)2-5-11(12)18-8-13(14)16;/h2,5-6,10,15H,3-4,7-8H2,1H3,(H2,14,16);1H/p-1. The van der Waals surface area contributed by atoms with Gasteiger partial charge in [-0.3, -0.25) is 4.79 Å². The second-order valence-electron chi connectivity index (χ2n) is 4.40. The molecule has 1 aromatic rings. The first kappa shape index (κ1) is 15.6. The van der Waals surface area contributed by atoms with Gasteiger partial charge in [-0.25, -0.2) is 0 Å².